The molecule has 0 heterocycles. The molecule has 6 heteroatoms. The maximum absolute atomic E-state index is 12.0. The molecule has 1 aliphatic carbocycles. The van der Waals surface area contributed by atoms with E-state index in [0.717, 1.165) is 31.4 Å². The summed E-state index contributed by atoms with van der Waals surface area (Å²) in [6.07, 6.45) is 3.81. The maximum Gasteiger partial charge on any atom is 0.223 e. The van der Waals surface area contributed by atoms with E-state index >= 15 is 0 Å². The number of benzene rings is 1. The minimum atomic E-state index is 0. The minimum Gasteiger partial charge on any atom is -0.492 e. The molecule has 1 aromatic rings. The van der Waals surface area contributed by atoms with E-state index in [9.17, 15) is 4.79 Å². The lowest BCUT2D eigenvalue weighted by molar-refractivity contribution is -0.126. The van der Waals surface area contributed by atoms with Crippen LogP contribution in [0.3, 0.4) is 0 Å². The standard InChI is InChI=1S/C15H21ClN2O2.ClH/c16-12-4-6-14(7-5-12)20-9-8-18-15(19)11-2-1-3-13(17)10-11;/h4-7,11,13H,1-3,8-10,17H2,(H,18,19);1H. The van der Waals surface area contributed by atoms with Gasteiger partial charge in [-0.25, -0.2) is 0 Å². The van der Waals surface area contributed by atoms with Gasteiger partial charge in [-0.3, -0.25) is 4.79 Å². The van der Waals surface area contributed by atoms with Gasteiger partial charge in [-0.05, 0) is 43.5 Å². The summed E-state index contributed by atoms with van der Waals surface area (Å²) in [5.41, 5.74) is 5.89. The van der Waals surface area contributed by atoms with E-state index in [1.165, 1.54) is 0 Å². The molecule has 0 radical (unpaired) electrons. The Kier molecular flexibility index (Phi) is 7.86. The van der Waals surface area contributed by atoms with Gasteiger partial charge >= 0.3 is 0 Å². The monoisotopic (exact) mass is 332 g/mol. The zero-order valence-electron chi connectivity index (χ0n) is 11.9. The molecule has 4 nitrogen and oxygen atoms in total. The van der Waals surface area contributed by atoms with Crippen LogP contribution < -0.4 is 15.8 Å². The number of nitrogens with one attached hydrogen (secondary N) is 1. The summed E-state index contributed by atoms with van der Waals surface area (Å²) in [4.78, 5) is 12.0. The highest BCUT2D eigenvalue weighted by atomic mass is 35.5. The van der Waals surface area contributed by atoms with Crippen LogP contribution in [0.4, 0.5) is 0 Å². The lowest BCUT2D eigenvalue weighted by Crippen LogP contribution is -2.39. The number of hydrogen-bond acceptors (Lipinski definition) is 3. The molecular formula is C15H22Cl2N2O2. The summed E-state index contributed by atoms with van der Waals surface area (Å²) in [6.45, 7) is 0.958. The van der Waals surface area contributed by atoms with Gasteiger partial charge in [-0.2, -0.15) is 0 Å². The van der Waals surface area contributed by atoms with Crippen molar-refractivity contribution in [3.05, 3.63) is 29.3 Å². The van der Waals surface area contributed by atoms with Gasteiger partial charge in [0.1, 0.15) is 12.4 Å². The van der Waals surface area contributed by atoms with Crippen LogP contribution in [0.15, 0.2) is 24.3 Å². The average molecular weight is 333 g/mol. The Morgan fingerprint density at radius 2 is 2.05 bits per heavy atom. The summed E-state index contributed by atoms with van der Waals surface area (Å²) in [5.74, 6) is 0.914. The van der Waals surface area contributed by atoms with Crippen LogP contribution in [0, 0.1) is 5.92 Å². The molecule has 0 aliphatic heterocycles. The van der Waals surface area contributed by atoms with Gasteiger partial charge < -0.3 is 15.8 Å². The zero-order chi connectivity index (χ0) is 14.4. The number of amides is 1. The quantitative estimate of drug-likeness (QED) is 0.815. The highest BCUT2D eigenvalue weighted by Gasteiger charge is 2.24. The van der Waals surface area contributed by atoms with Gasteiger partial charge in [0.15, 0.2) is 0 Å². The summed E-state index contributed by atoms with van der Waals surface area (Å²) >= 11 is 5.79. The second-order valence-electron chi connectivity index (χ2n) is 5.22. The Bertz CT molecular complexity index is 440. The molecule has 1 aliphatic rings. The van der Waals surface area contributed by atoms with Crippen LogP contribution in [-0.4, -0.2) is 25.1 Å². The molecule has 3 N–H and O–H groups in total. The second-order valence-corrected chi connectivity index (χ2v) is 5.65. The number of carbonyl (C=O) groups excluding carboxylic acids is 1. The lowest BCUT2D eigenvalue weighted by atomic mass is 9.85. The third kappa shape index (κ3) is 6.12. The smallest absolute Gasteiger partial charge is 0.223 e. The molecule has 1 amide bonds. The van der Waals surface area contributed by atoms with Crippen LogP contribution in [0.25, 0.3) is 0 Å². The van der Waals surface area contributed by atoms with Crippen LogP contribution in [0.5, 0.6) is 5.75 Å². The first kappa shape index (κ1) is 18.1. The summed E-state index contributed by atoms with van der Waals surface area (Å²) in [5, 5.41) is 3.59. The molecule has 21 heavy (non-hydrogen) atoms. The fourth-order valence-corrected chi connectivity index (χ4v) is 2.61. The van der Waals surface area contributed by atoms with Gasteiger partial charge in [0.25, 0.3) is 0 Å². The van der Waals surface area contributed by atoms with Crippen molar-refractivity contribution in [1.82, 2.24) is 5.32 Å². The normalized spacial score (nSPS) is 21.2. The molecule has 0 bridgehead atoms. The first-order valence-electron chi connectivity index (χ1n) is 7.07. The maximum atomic E-state index is 12.0. The van der Waals surface area contributed by atoms with Crippen LogP contribution in [0.1, 0.15) is 25.7 Å². The molecule has 0 saturated heterocycles. The molecule has 2 rings (SSSR count). The van der Waals surface area contributed by atoms with Crippen molar-refractivity contribution in [2.75, 3.05) is 13.2 Å². The van der Waals surface area contributed by atoms with E-state index in [-0.39, 0.29) is 30.3 Å². The minimum absolute atomic E-state index is 0. The van der Waals surface area contributed by atoms with Crippen molar-refractivity contribution in [3.8, 4) is 5.75 Å². The summed E-state index contributed by atoms with van der Waals surface area (Å²) in [6, 6.07) is 7.34. The number of rotatable bonds is 5. The number of halogens is 2. The molecule has 1 aromatic carbocycles. The Hall–Kier alpha value is -0.970. The number of hydrogen-bond donors (Lipinski definition) is 2. The number of nitrogens with two attached hydrogens (primary N) is 1. The van der Waals surface area contributed by atoms with E-state index < -0.39 is 0 Å². The van der Waals surface area contributed by atoms with E-state index in [4.69, 9.17) is 22.1 Å². The lowest BCUT2D eigenvalue weighted by Gasteiger charge is -2.25. The van der Waals surface area contributed by atoms with Gasteiger partial charge in [0.2, 0.25) is 5.91 Å². The molecule has 118 valence electrons. The number of ether oxygens (including phenoxy) is 1. The van der Waals surface area contributed by atoms with Gasteiger partial charge in [0, 0.05) is 17.0 Å². The Labute approximate surface area is 136 Å². The van der Waals surface area contributed by atoms with Gasteiger partial charge in [0.05, 0.1) is 6.54 Å². The van der Waals surface area contributed by atoms with Crippen LogP contribution >= 0.6 is 24.0 Å². The number of carbonyl (C=O) groups is 1. The fraction of sp³-hybridized carbons (Fsp3) is 0.533. The molecule has 1 saturated carbocycles. The zero-order valence-corrected chi connectivity index (χ0v) is 13.5. The topological polar surface area (TPSA) is 64.4 Å². The van der Waals surface area contributed by atoms with E-state index in [1.807, 2.05) is 12.1 Å². The fourth-order valence-electron chi connectivity index (χ4n) is 2.48. The molecule has 0 aromatic heterocycles. The SMILES string of the molecule is Cl.NC1CCCC(C(=O)NCCOc2ccc(Cl)cc2)C1. The summed E-state index contributed by atoms with van der Waals surface area (Å²) < 4.78 is 5.52. The van der Waals surface area contributed by atoms with E-state index in [2.05, 4.69) is 5.32 Å². The van der Waals surface area contributed by atoms with Crippen molar-refractivity contribution in [1.29, 1.82) is 0 Å². The van der Waals surface area contributed by atoms with Crippen molar-refractivity contribution in [2.24, 2.45) is 11.7 Å². The highest BCUT2D eigenvalue weighted by molar-refractivity contribution is 6.30. The molecule has 1 fully saturated rings. The van der Waals surface area contributed by atoms with Crippen molar-refractivity contribution < 1.29 is 9.53 Å². The molecule has 0 spiro atoms. The van der Waals surface area contributed by atoms with Gasteiger partial charge in [-0.15, -0.1) is 12.4 Å². The van der Waals surface area contributed by atoms with Gasteiger partial charge in [-0.1, -0.05) is 18.0 Å². The third-order valence-corrected chi connectivity index (χ3v) is 3.82. The predicted molar refractivity (Wildman–Crippen MR) is 87.1 cm³/mol. The second kappa shape index (κ2) is 9.13. The summed E-state index contributed by atoms with van der Waals surface area (Å²) in [7, 11) is 0. The average Bonchev–Trinajstić information content (AvgIpc) is 2.45. The third-order valence-electron chi connectivity index (χ3n) is 3.57. The Morgan fingerprint density at radius 1 is 1.33 bits per heavy atom. The van der Waals surface area contributed by atoms with Crippen molar-refractivity contribution in [2.45, 2.75) is 31.7 Å². The van der Waals surface area contributed by atoms with Crippen LogP contribution in [0.2, 0.25) is 5.02 Å². The largest absolute Gasteiger partial charge is 0.492 e. The first-order chi connectivity index (χ1) is 9.65. The Morgan fingerprint density at radius 3 is 2.71 bits per heavy atom. The Balaban J connectivity index is 0.00000220. The molecule has 2 unspecified atom stereocenters. The van der Waals surface area contributed by atoms with E-state index in [0.29, 0.717) is 18.2 Å². The molecular weight excluding hydrogens is 311 g/mol. The van der Waals surface area contributed by atoms with Crippen molar-refractivity contribution in [3.63, 3.8) is 0 Å². The van der Waals surface area contributed by atoms with Crippen LogP contribution in [-0.2, 0) is 4.79 Å². The first-order valence-corrected chi connectivity index (χ1v) is 7.44. The highest BCUT2D eigenvalue weighted by Crippen LogP contribution is 2.23. The predicted octanol–water partition coefficient (Wildman–Crippen LogP) is 2.77. The van der Waals surface area contributed by atoms with Crippen molar-refractivity contribution >= 4 is 29.9 Å². The van der Waals surface area contributed by atoms with E-state index in [1.54, 1.807) is 12.1 Å². The molecule has 2 atom stereocenters.